The summed E-state index contributed by atoms with van der Waals surface area (Å²) in [5.74, 6) is -0.322. The van der Waals surface area contributed by atoms with Crippen molar-refractivity contribution in [2.24, 2.45) is 0 Å². The van der Waals surface area contributed by atoms with Gasteiger partial charge in [0.1, 0.15) is 0 Å². The van der Waals surface area contributed by atoms with Crippen LogP contribution in [0.5, 0.6) is 0 Å². The molecular formula is C18H16F6N2O4S2. The van der Waals surface area contributed by atoms with Crippen molar-refractivity contribution in [1.82, 2.24) is 4.90 Å². The number of nitrogens with one attached hydrogen (secondary N) is 1. The van der Waals surface area contributed by atoms with Crippen LogP contribution in [-0.2, 0) is 38.3 Å². The summed E-state index contributed by atoms with van der Waals surface area (Å²) < 4.78 is 111. The van der Waals surface area contributed by atoms with Gasteiger partial charge in [-0.3, -0.25) is 9.52 Å². The van der Waals surface area contributed by atoms with Gasteiger partial charge in [0.2, 0.25) is 5.91 Å². The molecule has 1 fully saturated rings. The standard InChI is InChI=1S/C18H16F6N2O4S2/c19-17(20,21)12-1-2-15(13(8-12)18(22,23)24)32(28,29)25-14-10-31-9-11(14)7-16(27)26-3-5-30-6-4-26/h1-2,8-10,25H,3-7H2. The summed E-state index contributed by atoms with van der Waals surface area (Å²) in [5, 5.41) is 2.75. The molecule has 0 spiro atoms. The van der Waals surface area contributed by atoms with Crippen molar-refractivity contribution in [3.63, 3.8) is 0 Å². The number of hydrogen-bond donors (Lipinski definition) is 1. The van der Waals surface area contributed by atoms with Crippen molar-refractivity contribution in [3.05, 3.63) is 45.6 Å². The Kier molecular flexibility index (Phi) is 6.77. The van der Waals surface area contributed by atoms with Crippen molar-refractivity contribution >= 4 is 33.0 Å². The Morgan fingerprint density at radius 2 is 1.72 bits per heavy atom. The molecule has 0 radical (unpaired) electrons. The third-order valence-corrected chi connectivity index (χ3v) is 6.81. The highest BCUT2D eigenvalue weighted by molar-refractivity contribution is 7.92. The highest BCUT2D eigenvalue weighted by atomic mass is 32.2. The molecule has 0 bridgehead atoms. The number of alkyl halides is 6. The number of rotatable bonds is 5. The second-order valence-electron chi connectivity index (χ2n) is 6.79. The van der Waals surface area contributed by atoms with Gasteiger partial charge in [0, 0.05) is 18.5 Å². The summed E-state index contributed by atoms with van der Waals surface area (Å²) in [7, 11) is -4.92. The number of carbonyl (C=O) groups excluding carboxylic acids is 1. The molecular weight excluding hydrogens is 486 g/mol. The van der Waals surface area contributed by atoms with Crippen molar-refractivity contribution in [3.8, 4) is 0 Å². The Balaban J connectivity index is 1.89. The average molecular weight is 502 g/mol. The van der Waals surface area contributed by atoms with Gasteiger partial charge in [0.15, 0.2) is 0 Å². The van der Waals surface area contributed by atoms with Crippen LogP contribution in [0, 0.1) is 0 Å². The molecule has 3 rings (SSSR count). The third-order valence-electron chi connectivity index (χ3n) is 4.59. The Morgan fingerprint density at radius 1 is 1.06 bits per heavy atom. The summed E-state index contributed by atoms with van der Waals surface area (Å²) in [6.07, 6.45) is -10.6. The van der Waals surface area contributed by atoms with Gasteiger partial charge in [0.25, 0.3) is 10.0 Å². The highest BCUT2D eigenvalue weighted by Crippen LogP contribution is 2.39. The lowest BCUT2D eigenvalue weighted by molar-refractivity contribution is -0.144. The van der Waals surface area contributed by atoms with Crippen LogP contribution in [0.3, 0.4) is 0 Å². The lowest BCUT2D eigenvalue weighted by atomic mass is 10.1. The van der Waals surface area contributed by atoms with E-state index in [4.69, 9.17) is 4.74 Å². The first-order chi connectivity index (χ1) is 14.8. The summed E-state index contributed by atoms with van der Waals surface area (Å²) in [5.41, 5.74) is -3.46. The summed E-state index contributed by atoms with van der Waals surface area (Å²) in [6, 6.07) is 0.282. The number of ether oxygens (including phenoxy) is 1. The predicted molar refractivity (Wildman–Crippen MR) is 103 cm³/mol. The van der Waals surface area contributed by atoms with Crippen LogP contribution in [0.15, 0.2) is 33.9 Å². The molecule has 32 heavy (non-hydrogen) atoms. The molecule has 176 valence electrons. The van der Waals surface area contributed by atoms with E-state index in [-0.39, 0.29) is 41.8 Å². The molecule has 14 heteroatoms. The molecule has 1 aromatic heterocycles. The normalized spacial score (nSPS) is 15.6. The largest absolute Gasteiger partial charge is 0.417 e. The minimum Gasteiger partial charge on any atom is -0.378 e. The maximum atomic E-state index is 13.4. The van der Waals surface area contributed by atoms with Crippen LogP contribution in [0.1, 0.15) is 16.7 Å². The van der Waals surface area contributed by atoms with Crippen LogP contribution in [0.25, 0.3) is 0 Å². The first-order valence-electron chi connectivity index (χ1n) is 9.01. The van der Waals surface area contributed by atoms with E-state index in [2.05, 4.69) is 0 Å². The SMILES string of the molecule is O=C(Cc1cscc1NS(=O)(=O)c1ccc(C(F)(F)F)cc1C(F)(F)F)N1CCOCC1. The first-order valence-corrected chi connectivity index (χ1v) is 11.4. The fourth-order valence-electron chi connectivity index (χ4n) is 3.00. The van der Waals surface area contributed by atoms with Gasteiger partial charge >= 0.3 is 12.4 Å². The van der Waals surface area contributed by atoms with Crippen molar-refractivity contribution in [2.75, 3.05) is 31.0 Å². The Hall–Kier alpha value is -2.32. The minimum atomic E-state index is -5.35. The number of nitrogens with zero attached hydrogens (tertiary/aromatic N) is 1. The van der Waals surface area contributed by atoms with Crippen molar-refractivity contribution in [1.29, 1.82) is 0 Å². The van der Waals surface area contributed by atoms with E-state index >= 15 is 0 Å². The molecule has 1 aromatic carbocycles. The lowest BCUT2D eigenvalue weighted by Crippen LogP contribution is -2.41. The maximum Gasteiger partial charge on any atom is 0.417 e. The molecule has 1 N–H and O–H groups in total. The number of benzene rings is 1. The number of anilines is 1. The van der Waals surface area contributed by atoms with Crippen molar-refractivity contribution < 1.29 is 44.3 Å². The van der Waals surface area contributed by atoms with Gasteiger partial charge in [-0.05, 0) is 29.1 Å². The average Bonchev–Trinajstić information content (AvgIpc) is 3.12. The number of morpholine rings is 1. The molecule has 1 amide bonds. The van der Waals surface area contributed by atoms with E-state index in [1.54, 1.807) is 0 Å². The van der Waals surface area contributed by atoms with Gasteiger partial charge < -0.3 is 9.64 Å². The van der Waals surface area contributed by atoms with E-state index in [9.17, 15) is 39.6 Å². The molecule has 0 atom stereocenters. The molecule has 2 heterocycles. The number of sulfonamides is 1. The van der Waals surface area contributed by atoms with Crippen LogP contribution in [0.4, 0.5) is 32.0 Å². The monoisotopic (exact) mass is 502 g/mol. The lowest BCUT2D eigenvalue weighted by Gasteiger charge is -2.27. The molecule has 1 aliphatic rings. The summed E-state index contributed by atoms with van der Waals surface area (Å²) in [4.78, 5) is 12.6. The van der Waals surface area contributed by atoms with Crippen LogP contribution in [-0.4, -0.2) is 45.5 Å². The number of carbonyl (C=O) groups is 1. The van der Waals surface area contributed by atoms with Gasteiger partial charge in [-0.25, -0.2) is 8.42 Å². The van der Waals surface area contributed by atoms with E-state index in [1.807, 2.05) is 4.72 Å². The Labute approximate surface area is 182 Å². The molecule has 0 aliphatic carbocycles. The zero-order valence-electron chi connectivity index (χ0n) is 16.1. The van der Waals surface area contributed by atoms with E-state index in [1.165, 1.54) is 15.7 Å². The van der Waals surface area contributed by atoms with Crippen molar-refractivity contribution in [2.45, 2.75) is 23.7 Å². The number of amides is 1. The van der Waals surface area contributed by atoms with E-state index in [0.29, 0.717) is 26.3 Å². The van der Waals surface area contributed by atoms with Gasteiger partial charge in [-0.1, -0.05) is 0 Å². The van der Waals surface area contributed by atoms with Crippen LogP contribution < -0.4 is 4.72 Å². The summed E-state index contributed by atoms with van der Waals surface area (Å²) >= 11 is 1.01. The van der Waals surface area contributed by atoms with E-state index < -0.39 is 38.4 Å². The molecule has 1 saturated heterocycles. The smallest absolute Gasteiger partial charge is 0.378 e. The Morgan fingerprint density at radius 3 is 2.31 bits per heavy atom. The predicted octanol–water partition coefficient (Wildman–Crippen LogP) is 3.99. The highest BCUT2D eigenvalue weighted by Gasteiger charge is 2.41. The number of hydrogen-bond acceptors (Lipinski definition) is 5. The number of halogens is 6. The zero-order valence-corrected chi connectivity index (χ0v) is 17.7. The van der Waals surface area contributed by atoms with Gasteiger partial charge in [-0.15, -0.1) is 11.3 Å². The Bertz CT molecular complexity index is 1090. The molecule has 6 nitrogen and oxygen atoms in total. The fraction of sp³-hybridized carbons (Fsp3) is 0.389. The minimum absolute atomic E-state index is 0.121. The fourth-order valence-corrected chi connectivity index (χ4v) is 5.16. The first kappa shape index (κ1) is 24.3. The quantitative estimate of drug-likeness (QED) is 0.628. The molecule has 2 aromatic rings. The number of thiophene rings is 1. The third kappa shape index (κ3) is 5.53. The van der Waals surface area contributed by atoms with Gasteiger partial charge in [0.05, 0.1) is 41.3 Å². The molecule has 0 saturated carbocycles. The summed E-state index contributed by atoms with van der Waals surface area (Å²) in [6.45, 7) is 1.40. The molecule has 0 unspecified atom stereocenters. The second-order valence-corrected chi connectivity index (χ2v) is 9.19. The maximum absolute atomic E-state index is 13.4. The van der Waals surface area contributed by atoms with Gasteiger partial charge in [-0.2, -0.15) is 26.3 Å². The zero-order chi connectivity index (χ0) is 23.7. The second kappa shape index (κ2) is 8.90. The topological polar surface area (TPSA) is 75.7 Å². The van der Waals surface area contributed by atoms with Crippen LogP contribution >= 0.6 is 11.3 Å². The van der Waals surface area contributed by atoms with Crippen LogP contribution in [0.2, 0.25) is 0 Å². The molecule has 1 aliphatic heterocycles. The van der Waals surface area contributed by atoms with E-state index in [0.717, 1.165) is 11.3 Å².